The summed E-state index contributed by atoms with van der Waals surface area (Å²) in [6.45, 7) is 1.80. The van der Waals surface area contributed by atoms with E-state index in [4.69, 9.17) is 0 Å². The van der Waals surface area contributed by atoms with Crippen LogP contribution in [0, 0.1) is 5.82 Å². The van der Waals surface area contributed by atoms with Crippen LogP contribution >= 0.6 is 0 Å². The lowest BCUT2D eigenvalue weighted by Crippen LogP contribution is -2.35. The van der Waals surface area contributed by atoms with E-state index in [-0.39, 0.29) is 30.6 Å². The van der Waals surface area contributed by atoms with Crippen molar-refractivity contribution in [3.63, 3.8) is 0 Å². The van der Waals surface area contributed by atoms with Gasteiger partial charge < -0.3 is 5.32 Å². The first-order valence-electron chi connectivity index (χ1n) is 7.85. The number of amides is 1. The quantitative estimate of drug-likeness (QED) is 0.821. The number of nitrogens with zero attached hydrogens (tertiary/aromatic N) is 1. The van der Waals surface area contributed by atoms with E-state index in [1.165, 1.54) is 18.2 Å². The second-order valence-corrected chi connectivity index (χ2v) is 7.67. The average molecular weight is 364 g/mol. The maximum Gasteiger partial charge on any atom is 0.232 e. The zero-order chi connectivity index (χ0) is 18.4. The highest BCUT2D eigenvalue weighted by Crippen LogP contribution is 2.19. The van der Waals surface area contributed by atoms with Crippen LogP contribution in [0.4, 0.5) is 10.1 Å². The van der Waals surface area contributed by atoms with E-state index < -0.39 is 15.8 Å². The number of benzene rings is 2. The van der Waals surface area contributed by atoms with Gasteiger partial charge in [-0.25, -0.2) is 12.8 Å². The van der Waals surface area contributed by atoms with Crippen molar-refractivity contribution in [2.45, 2.75) is 19.4 Å². The van der Waals surface area contributed by atoms with Crippen LogP contribution in [0.2, 0.25) is 0 Å². The summed E-state index contributed by atoms with van der Waals surface area (Å²) in [6.07, 6.45) is 1.00. The Morgan fingerprint density at radius 2 is 1.84 bits per heavy atom. The van der Waals surface area contributed by atoms with Crippen molar-refractivity contribution in [1.82, 2.24) is 5.32 Å². The maximum atomic E-state index is 13.4. The van der Waals surface area contributed by atoms with E-state index >= 15 is 0 Å². The predicted molar refractivity (Wildman–Crippen MR) is 96.2 cm³/mol. The van der Waals surface area contributed by atoms with Gasteiger partial charge in [0.05, 0.1) is 18.0 Å². The molecular weight excluding hydrogens is 343 g/mol. The van der Waals surface area contributed by atoms with Gasteiger partial charge in [-0.3, -0.25) is 9.10 Å². The Morgan fingerprint density at radius 1 is 1.16 bits per heavy atom. The topological polar surface area (TPSA) is 66.5 Å². The maximum absolute atomic E-state index is 13.4. The van der Waals surface area contributed by atoms with Crippen molar-refractivity contribution < 1.29 is 17.6 Å². The number of halogens is 1. The standard InChI is InChI=1S/C18H21FN2O3S/c1-14(15-7-4-3-5-8-15)20-18(22)11-12-21(25(2,23)24)17-10-6-9-16(19)13-17/h3-10,13-14H,11-12H2,1-2H3,(H,20,22). The molecule has 0 saturated heterocycles. The molecule has 0 aliphatic carbocycles. The SMILES string of the molecule is CC(NC(=O)CCN(c1cccc(F)c1)S(C)(=O)=O)c1ccccc1. The lowest BCUT2D eigenvalue weighted by atomic mass is 10.1. The predicted octanol–water partition coefficient (Wildman–Crippen LogP) is 2.86. The molecule has 2 aromatic rings. The van der Waals surface area contributed by atoms with Gasteiger partial charge in [0.2, 0.25) is 15.9 Å². The fourth-order valence-corrected chi connectivity index (χ4v) is 3.38. The van der Waals surface area contributed by atoms with Crippen LogP contribution < -0.4 is 9.62 Å². The molecule has 1 N–H and O–H groups in total. The molecule has 1 unspecified atom stereocenters. The third kappa shape index (κ3) is 5.56. The zero-order valence-corrected chi connectivity index (χ0v) is 15.0. The van der Waals surface area contributed by atoms with E-state index in [0.717, 1.165) is 22.2 Å². The fourth-order valence-electron chi connectivity index (χ4n) is 2.46. The van der Waals surface area contributed by atoms with Crippen LogP contribution in [0.15, 0.2) is 54.6 Å². The summed E-state index contributed by atoms with van der Waals surface area (Å²) in [6, 6.07) is 14.6. The van der Waals surface area contributed by atoms with Gasteiger partial charge in [-0.2, -0.15) is 0 Å². The summed E-state index contributed by atoms with van der Waals surface area (Å²) < 4.78 is 38.3. The van der Waals surface area contributed by atoms with Gasteiger partial charge in [-0.05, 0) is 30.7 Å². The van der Waals surface area contributed by atoms with E-state index in [9.17, 15) is 17.6 Å². The molecule has 0 aromatic heterocycles. The highest BCUT2D eigenvalue weighted by molar-refractivity contribution is 7.92. The largest absolute Gasteiger partial charge is 0.350 e. The second-order valence-electron chi connectivity index (χ2n) is 5.76. The Hall–Kier alpha value is -2.41. The van der Waals surface area contributed by atoms with Gasteiger partial charge >= 0.3 is 0 Å². The summed E-state index contributed by atoms with van der Waals surface area (Å²) in [5, 5.41) is 2.83. The minimum Gasteiger partial charge on any atom is -0.350 e. The summed E-state index contributed by atoms with van der Waals surface area (Å²) >= 11 is 0. The lowest BCUT2D eigenvalue weighted by molar-refractivity contribution is -0.121. The molecule has 5 nitrogen and oxygen atoms in total. The van der Waals surface area contributed by atoms with Gasteiger partial charge in [-0.15, -0.1) is 0 Å². The third-order valence-corrected chi connectivity index (χ3v) is 4.91. The van der Waals surface area contributed by atoms with E-state index in [1.807, 2.05) is 37.3 Å². The molecule has 0 aliphatic heterocycles. The van der Waals surface area contributed by atoms with Gasteiger partial charge in [-0.1, -0.05) is 36.4 Å². The molecule has 0 radical (unpaired) electrons. The number of carbonyl (C=O) groups excluding carboxylic acids is 1. The Bertz CT molecular complexity index is 825. The third-order valence-electron chi connectivity index (χ3n) is 3.72. The molecule has 25 heavy (non-hydrogen) atoms. The average Bonchev–Trinajstić information content (AvgIpc) is 2.54. The number of anilines is 1. The highest BCUT2D eigenvalue weighted by Gasteiger charge is 2.19. The van der Waals surface area contributed by atoms with Crippen LogP contribution in [0.5, 0.6) is 0 Å². The summed E-state index contributed by atoms with van der Waals surface area (Å²) in [7, 11) is -3.62. The number of sulfonamides is 1. The number of nitrogens with one attached hydrogen (secondary N) is 1. The monoisotopic (exact) mass is 364 g/mol. The Kier molecular flexibility index (Phi) is 6.14. The highest BCUT2D eigenvalue weighted by atomic mass is 32.2. The van der Waals surface area contributed by atoms with Crippen molar-refractivity contribution in [2.24, 2.45) is 0 Å². The smallest absolute Gasteiger partial charge is 0.232 e. The molecule has 134 valence electrons. The number of hydrogen-bond donors (Lipinski definition) is 1. The molecule has 0 aliphatic rings. The number of hydrogen-bond acceptors (Lipinski definition) is 3. The van der Waals surface area contributed by atoms with Crippen molar-refractivity contribution >= 4 is 21.6 Å². The van der Waals surface area contributed by atoms with Crippen LogP contribution in [0.3, 0.4) is 0 Å². The molecule has 0 heterocycles. The van der Waals surface area contributed by atoms with E-state index in [1.54, 1.807) is 0 Å². The fraction of sp³-hybridized carbons (Fsp3) is 0.278. The summed E-state index contributed by atoms with van der Waals surface area (Å²) in [4.78, 5) is 12.1. The minimum absolute atomic E-state index is 0.0270. The van der Waals surface area contributed by atoms with E-state index in [2.05, 4.69) is 5.32 Å². The number of carbonyl (C=O) groups is 1. The first-order chi connectivity index (χ1) is 11.8. The normalized spacial score (nSPS) is 12.4. The molecule has 2 rings (SSSR count). The molecule has 1 atom stereocenters. The van der Waals surface area contributed by atoms with Crippen molar-refractivity contribution in [2.75, 3.05) is 17.1 Å². The van der Waals surface area contributed by atoms with E-state index in [0.29, 0.717) is 0 Å². The van der Waals surface area contributed by atoms with Gasteiger partial charge in [0.25, 0.3) is 0 Å². The Morgan fingerprint density at radius 3 is 2.44 bits per heavy atom. The molecule has 0 bridgehead atoms. The molecule has 1 amide bonds. The minimum atomic E-state index is -3.62. The van der Waals surface area contributed by atoms with Gasteiger partial charge in [0.15, 0.2) is 0 Å². The molecule has 7 heteroatoms. The molecular formula is C18H21FN2O3S. The zero-order valence-electron chi connectivity index (χ0n) is 14.1. The van der Waals surface area contributed by atoms with Crippen LogP contribution in [0.1, 0.15) is 24.9 Å². The van der Waals surface area contributed by atoms with Crippen molar-refractivity contribution in [3.05, 3.63) is 66.0 Å². The van der Waals surface area contributed by atoms with Gasteiger partial charge in [0.1, 0.15) is 5.82 Å². The molecule has 0 spiro atoms. The summed E-state index contributed by atoms with van der Waals surface area (Å²) in [5.41, 5.74) is 1.16. The second kappa shape index (κ2) is 8.11. The number of rotatable bonds is 7. The van der Waals surface area contributed by atoms with Gasteiger partial charge in [0, 0.05) is 13.0 Å². The molecule has 0 saturated carbocycles. The molecule has 2 aromatic carbocycles. The van der Waals surface area contributed by atoms with Crippen molar-refractivity contribution in [3.8, 4) is 0 Å². The van der Waals surface area contributed by atoms with Crippen LogP contribution in [-0.2, 0) is 14.8 Å². The summed E-state index contributed by atoms with van der Waals surface area (Å²) in [5.74, 6) is -0.810. The van der Waals surface area contributed by atoms with Crippen molar-refractivity contribution in [1.29, 1.82) is 0 Å². The molecule has 0 fully saturated rings. The Labute approximate surface area is 147 Å². The lowest BCUT2D eigenvalue weighted by Gasteiger charge is -2.22. The Balaban J connectivity index is 2.02. The first kappa shape index (κ1) is 18.9. The first-order valence-corrected chi connectivity index (χ1v) is 9.70. The van der Waals surface area contributed by atoms with Crippen LogP contribution in [-0.4, -0.2) is 27.1 Å². The van der Waals surface area contributed by atoms with Crippen LogP contribution in [0.25, 0.3) is 0 Å².